The normalized spacial score (nSPS) is 15.0. The van der Waals surface area contributed by atoms with E-state index in [2.05, 4.69) is 37.8 Å². The maximum Gasteiger partial charge on any atom is 0.414 e. The minimum absolute atomic E-state index is 0.565. The standard InChI is InChI=1S/C19H31NO2.C2H2O4/c1-16(2)18-4-6-19(7-5-18)22-15-14-21-13-12-20-10-8-17(3)9-11-20;3-1(4)2(5)6/h4-7,16-17H,8-15H2,1-3H3;(H,3,4)(H,5,6). The molecular weight excluding hydrogens is 362 g/mol. The van der Waals surface area contributed by atoms with Crippen molar-refractivity contribution >= 4 is 11.9 Å². The topological polar surface area (TPSA) is 96.3 Å². The van der Waals surface area contributed by atoms with Gasteiger partial charge in [0.15, 0.2) is 0 Å². The molecule has 0 radical (unpaired) electrons. The highest BCUT2D eigenvalue weighted by Gasteiger charge is 2.14. The molecule has 0 aromatic heterocycles. The molecule has 0 bridgehead atoms. The van der Waals surface area contributed by atoms with Gasteiger partial charge in [-0.15, -0.1) is 0 Å². The molecule has 7 nitrogen and oxygen atoms in total. The van der Waals surface area contributed by atoms with E-state index < -0.39 is 11.9 Å². The SMILES string of the molecule is CC1CCN(CCOCCOc2ccc(C(C)C)cc2)CC1.O=C(O)C(=O)O. The molecule has 1 aromatic rings. The Bertz CT molecular complexity index is 567. The third kappa shape index (κ3) is 10.3. The summed E-state index contributed by atoms with van der Waals surface area (Å²) in [5, 5.41) is 14.8. The Labute approximate surface area is 167 Å². The highest BCUT2D eigenvalue weighted by molar-refractivity contribution is 6.27. The average molecular weight is 395 g/mol. The molecule has 1 aromatic carbocycles. The van der Waals surface area contributed by atoms with Crippen LogP contribution in [-0.2, 0) is 14.3 Å². The molecule has 0 saturated carbocycles. The predicted octanol–water partition coefficient (Wildman–Crippen LogP) is 3.09. The van der Waals surface area contributed by atoms with Crippen molar-refractivity contribution < 1.29 is 29.3 Å². The second-order valence-corrected chi connectivity index (χ2v) is 7.32. The van der Waals surface area contributed by atoms with Gasteiger partial charge in [0.1, 0.15) is 12.4 Å². The number of carboxylic acids is 2. The van der Waals surface area contributed by atoms with E-state index in [9.17, 15) is 0 Å². The van der Waals surface area contributed by atoms with Crippen molar-refractivity contribution in [1.29, 1.82) is 0 Å². The fourth-order valence-corrected chi connectivity index (χ4v) is 2.75. The van der Waals surface area contributed by atoms with E-state index in [1.54, 1.807) is 0 Å². The molecule has 0 spiro atoms. The van der Waals surface area contributed by atoms with Crippen LogP contribution in [0.5, 0.6) is 5.75 Å². The number of nitrogens with zero attached hydrogens (tertiary/aromatic N) is 1. The summed E-state index contributed by atoms with van der Waals surface area (Å²) in [6.45, 7) is 12.3. The van der Waals surface area contributed by atoms with Crippen LogP contribution in [-0.4, -0.2) is 66.5 Å². The van der Waals surface area contributed by atoms with E-state index in [1.807, 2.05) is 12.1 Å². The van der Waals surface area contributed by atoms with Gasteiger partial charge in [0, 0.05) is 6.54 Å². The molecule has 2 N–H and O–H groups in total. The lowest BCUT2D eigenvalue weighted by molar-refractivity contribution is -0.159. The molecule has 0 amide bonds. The molecule has 2 rings (SSSR count). The zero-order valence-corrected chi connectivity index (χ0v) is 17.1. The van der Waals surface area contributed by atoms with Gasteiger partial charge in [-0.3, -0.25) is 0 Å². The van der Waals surface area contributed by atoms with E-state index in [0.29, 0.717) is 19.1 Å². The third-order valence-corrected chi connectivity index (χ3v) is 4.65. The summed E-state index contributed by atoms with van der Waals surface area (Å²) in [5.41, 5.74) is 1.35. The Balaban J connectivity index is 0.000000568. The summed E-state index contributed by atoms with van der Waals surface area (Å²) in [6.07, 6.45) is 2.66. The fourth-order valence-electron chi connectivity index (χ4n) is 2.75. The molecule has 1 aliphatic rings. The Morgan fingerprint density at radius 2 is 1.61 bits per heavy atom. The van der Waals surface area contributed by atoms with Crippen molar-refractivity contribution in [2.45, 2.75) is 39.5 Å². The van der Waals surface area contributed by atoms with Gasteiger partial charge >= 0.3 is 11.9 Å². The van der Waals surface area contributed by atoms with Gasteiger partial charge in [-0.05, 0) is 55.5 Å². The number of ether oxygens (including phenoxy) is 2. The van der Waals surface area contributed by atoms with E-state index in [0.717, 1.165) is 24.8 Å². The monoisotopic (exact) mass is 395 g/mol. The molecule has 0 unspecified atom stereocenters. The summed E-state index contributed by atoms with van der Waals surface area (Å²) >= 11 is 0. The molecule has 1 heterocycles. The van der Waals surface area contributed by atoms with Crippen molar-refractivity contribution in [3.63, 3.8) is 0 Å². The first-order chi connectivity index (χ1) is 13.3. The Morgan fingerprint density at radius 1 is 1.04 bits per heavy atom. The first-order valence-corrected chi connectivity index (χ1v) is 9.78. The lowest BCUT2D eigenvalue weighted by atomic mass is 9.99. The zero-order valence-electron chi connectivity index (χ0n) is 17.1. The minimum Gasteiger partial charge on any atom is -0.491 e. The molecule has 158 valence electrons. The van der Waals surface area contributed by atoms with E-state index in [4.69, 9.17) is 29.3 Å². The van der Waals surface area contributed by atoms with Gasteiger partial charge in [0.05, 0.1) is 13.2 Å². The maximum atomic E-state index is 9.10. The van der Waals surface area contributed by atoms with E-state index >= 15 is 0 Å². The number of rotatable bonds is 8. The van der Waals surface area contributed by atoms with Crippen LogP contribution in [0.25, 0.3) is 0 Å². The summed E-state index contributed by atoms with van der Waals surface area (Å²) in [5.74, 6) is -1.26. The number of carboxylic acid groups (broad SMARTS) is 2. The molecule has 0 atom stereocenters. The van der Waals surface area contributed by atoms with Crippen molar-refractivity contribution in [3.8, 4) is 5.75 Å². The molecular formula is C21H33NO6. The number of hydrogen-bond acceptors (Lipinski definition) is 5. The highest BCUT2D eigenvalue weighted by Crippen LogP contribution is 2.18. The number of aliphatic carboxylic acids is 2. The van der Waals surface area contributed by atoms with Crippen molar-refractivity contribution in [3.05, 3.63) is 29.8 Å². The number of piperidine rings is 1. The third-order valence-electron chi connectivity index (χ3n) is 4.65. The first kappa shape index (κ1) is 23.9. The lowest BCUT2D eigenvalue weighted by Crippen LogP contribution is -2.35. The molecule has 1 aliphatic heterocycles. The van der Waals surface area contributed by atoms with Gasteiger partial charge < -0.3 is 24.6 Å². The van der Waals surface area contributed by atoms with Crippen molar-refractivity contribution in [2.75, 3.05) is 39.5 Å². The van der Waals surface area contributed by atoms with Crippen molar-refractivity contribution in [1.82, 2.24) is 4.90 Å². The summed E-state index contributed by atoms with van der Waals surface area (Å²) < 4.78 is 11.4. The molecule has 1 saturated heterocycles. The van der Waals surface area contributed by atoms with Crippen LogP contribution in [0.3, 0.4) is 0 Å². The molecule has 7 heteroatoms. The summed E-state index contributed by atoms with van der Waals surface area (Å²) in [7, 11) is 0. The zero-order chi connectivity index (χ0) is 20.9. The molecule has 0 aliphatic carbocycles. The van der Waals surface area contributed by atoms with E-state index in [1.165, 1.54) is 31.5 Å². The Morgan fingerprint density at radius 3 is 2.11 bits per heavy atom. The number of hydrogen-bond donors (Lipinski definition) is 2. The van der Waals surface area contributed by atoms with Crippen LogP contribution >= 0.6 is 0 Å². The largest absolute Gasteiger partial charge is 0.491 e. The summed E-state index contributed by atoms with van der Waals surface area (Å²) in [4.78, 5) is 20.7. The predicted molar refractivity (Wildman–Crippen MR) is 107 cm³/mol. The number of likely N-dealkylation sites (tertiary alicyclic amines) is 1. The highest BCUT2D eigenvalue weighted by atomic mass is 16.5. The number of benzene rings is 1. The second-order valence-electron chi connectivity index (χ2n) is 7.32. The Kier molecular flexibility index (Phi) is 11.2. The van der Waals surface area contributed by atoms with Crippen LogP contribution in [0.2, 0.25) is 0 Å². The van der Waals surface area contributed by atoms with Crippen LogP contribution in [0.1, 0.15) is 45.1 Å². The van der Waals surface area contributed by atoms with Crippen molar-refractivity contribution in [2.24, 2.45) is 5.92 Å². The smallest absolute Gasteiger partial charge is 0.414 e. The van der Waals surface area contributed by atoms with Crippen LogP contribution in [0, 0.1) is 5.92 Å². The lowest BCUT2D eigenvalue weighted by Gasteiger charge is -2.29. The van der Waals surface area contributed by atoms with Gasteiger partial charge in [0.2, 0.25) is 0 Å². The summed E-state index contributed by atoms with van der Waals surface area (Å²) in [6, 6.07) is 8.37. The van der Waals surface area contributed by atoms with Crippen LogP contribution in [0.15, 0.2) is 24.3 Å². The maximum absolute atomic E-state index is 9.10. The van der Waals surface area contributed by atoms with Gasteiger partial charge in [-0.2, -0.15) is 0 Å². The average Bonchev–Trinajstić information content (AvgIpc) is 2.66. The number of carbonyl (C=O) groups is 2. The van der Waals surface area contributed by atoms with Gasteiger partial charge in [-0.1, -0.05) is 32.9 Å². The molecule has 1 fully saturated rings. The van der Waals surface area contributed by atoms with Crippen LogP contribution in [0.4, 0.5) is 0 Å². The molecule has 28 heavy (non-hydrogen) atoms. The van der Waals surface area contributed by atoms with E-state index in [-0.39, 0.29) is 0 Å². The second kappa shape index (κ2) is 13.1. The van der Waals surface area contributed by atoms with Crippen LogP contribution < -0.4 is 4.74 Å². The van der Waals surface area contributed by atoms with Gasteiger partial charge in [0.25, 0.3) is 0 Å². The minimum atomic E-state index is -1.82. The quantitative estimate of drug-likeness (QED) is 0.516. The first-order valence-electron chi connectivity index (χ1n) is 9.78. The Hall–Kier alpha value is -2.12. The fraction of sp³-hybridized carbons (Fsp3) is 0.619. The van der Waals surface area contributed by atoms with Gasteiger partial charge in [-0.25, -0.2) is 9.59 Å².